The Kier molecular flexibility index (Phi) is 6.50. The van der Waals surface area contributed by atoms with Crippen molar-refractivity contribution in [3.8, 4) is 0 Å². The maximum atomic E-state index is 13.2. The van der Waals surface area contributed by atoms with Crippen LogP contribution in [0.3, 0.4) is 0 Å². The summed E-state index contributed by atoms with van der Waals surface area (Å²) < 4.78 is 7.43. The number of hydrogen-bond acceptors (Lipinski definition) is 7. The molecular formula is C28H20N4O5. The van der Waals surface area contributed by atoms with Crippen molar-refractivity contribution in [3.05, 3.63) is 135 Å². The largest absolute Gasteiger partial charge is 0.445 e. The predicted octanol–water partition coefficient (Wildman–Crippen LogP) is 5.17. The average Bonchev–Trinajstić information content (AvgIpc) is 3.35. The van der Waals surface area contributed by atoms with Gasteiger partial charge in [0.2, 0.25) is 5.78 Å². The van der Waals surface area contributed by atoms with Crippen molar-refractivity contribution in [2.24, 2.45) is 0 Å². The summed E-state index contributed by atoms with van der Waals surface area (Å²) in [6.07, 6.45) is -1.27. The SMILES string of the molecule is O=C(O[C@@H](C(=O)c1ccccc1)c1ccc([N+](=O)[O-])cc1)c1ccc(Cn2nnc3ccccc32)cc1. The predicted molar refractivity (Wildman–Crippen MR) is 135 cm³/mol. The minimum absolute atomic E-state index is 0.128. The number of para-hydroxylation sites is 1. The average molecular weight is 492 g/mol. The fraction of sp³-hybridized carbons (Fsp3) is 0.0714. The lowest BCUT2D eigenvalue weighted by molar-refractivity contribution is -0.384. The zero-order chi connectivity index (χ0) is 25.8. The number of non-ortho nitro benzene ring substituents is 1. The van der Waals surface area contributed by atoms with Gasteiger partial charge in [0.15, 0.2) is 6.10 Å². The van der Waals surface area contributed by atoms with Crippen LogP contribution >= 0.6 is 0 Å². The molecule has 1 heterocycles. The molecule has 0 radical (unpaired) electrons. The molecule has 0 aliphatic carbocycles. The van der Waals surface area contributed by atoms with Crippen molar-refractivity contribution >= 4 is 28.5 Å². The van der Waals surface area contributed by atoms with E-state index in [4.69, 9.17) is 4.74 Å². The van der Waals surface area contributed by atoms with Crippen molar-refractivity contribution in [1.29, 1.82) is 0 Å². The smallest absolute Gasteiger partial charge is 0.339 e. The van der Waals surface area contributed by atoms with Crippen molar-refractivity contribution in [1.82, 2.24) is 15.0 Å². The Morgan fingerprint density at radius 2 is 1.51 bits per heavy atom. The lowest BCUT2D eigenvalue weighted by Gasteiger charge is -2.17. The van der Waals surface area contributed by atoms with Crippen LogP contribution in [0.4, 0.5) is 5.69 Å². The van der Waals surface area contributed by atoms with Gasteiger partial charge >= 0.3 is 5.97 Å². The number of ketones is 1. The summed E-state index contributed by atoms with van der Waals surface area (Å²) in [6, 6.07) is 28.3. The molecule has 0 fully saturated rings. The van der Waals surface area contributed by atoms with E-state index >= 15 is 0 Å². The van der Waals surface area contributed by atoms with Crippen LogP contribution in [-0.2, 0) is 11.3 Å². The Labute approximate surface area is 211 Å². The number of benzene rings is 4. The molecule has 0 unspecified atom stereocenters. The van der Waals surface area contributed by atoms with Gasteiger partial charge in [-0.25, -0.2) is 9.48 Å². The number of ether oxygens (including phenoxy) is 1. The maximum absolute atomic E-state index is 13.2. The van der Waals surface area contributed by atoms with Crippen molar-refractivity contribution in [2.75, 3.05) is 0 Å². The number of Topliss-reactive ketones (excluding diaryl/α,β-unsaturated/α-hetero) is 1. The first kappa shape index (κ1) is 23.6. The number of nitro benzene ring substituents is 1. The highest BCUT2D eigenvalue weighted by atomic mass is 16.6. The topological polar surface area (TPSA) is 117 Å². The monoisotopic (exact) mass is 492 g/mol. The van der Waals surface area contributed by atoms with E-state index in [9.17, 15) is 19.7 Å². The molecule has 1 atom stereocenters. The van der Waals surface area contributed by atoms with Gasteiger partial charge in [0.1, 0.15) is 5.52 Å². The number of aromatic nitrogens is 3. The Bertz CT molecular complexity index is 1580. The van der Waals surface area contributed by atoms with Crippen LogP contribution < -0.4 is 0 Å². The first-order valence-electron chi connectivity index (χ1n) is 11.4. The summed E-state index contributed by atoms with van der Waals surface area (Å²) in [6.45, 7) is 0.466. The van der Waals surface area contributed by atoms with Crippen molar-refractivity contribution in [3.63, 3.8) is 0 Å². The van der Waals surface area contributed by atoms with E-state index in [1.165, 1.54) is 24.3 Å². The molecule has 182 valence electrons. The summed E-state index contributed by atoms with van der Waals surface area (Å²) in [4.78, 5) is 36.8. The quantitative estimate of drug-likeness (QED) is 0.127. The van der Waals surface area contributed by atoms with Crippen LogP contribution in [0, 0.1) is 10.1 Å². The minimum atomic E-state index is -1.27. The van der Waals surface area contributed by atoms with E-state index in [1.54, 1.807) is 59.3 Å². The molecule has 0 amide bonds. The summed E-state index contributed by atoms with van der Waals surface area (Å²) in [5.41, 5.74) is 3.42. The van der Waals surface area contributed by atoms with E-state index in [0.717, 1.165) is 16.6 Å². The van der Waals surface area contributed by atoms with Crippen LogP contribution in [0.1, 0.15) is 37.9 Å². The van der Waals surface area contributed by atoms with E-state index in [2.05, 4.69) is 10.3 Å². The third-order valence-corrected chi connectivity index (χ3v) is 5.87. The fourth-order valence-corrected chi connectivity index (χ4v) is 3.93. The van der Waals surface area contributed by atoms with Gasteiger partial charge in [0, 0.05) is 23.3 Å². The maximum Gasteiger partial charge on any atom is 0.339 e. The highest BCUT2D eigenvalue weighted by molar-refractivity contribution is 6.02. The molecule has 5 aromatic rings. The van der Waals surface area contributed by atoms with E-state index in [1.807, 2.05) is 24.3 Å². The first-order chi connectivity index (χ1) is 18.0. The van der Waals surface area contributed by atoms with E-state index in [0.29, 0.717) is 17.7 Å². The van der Waals surface area contributed by atoms with Gasteiger partial charge in [-0.05, 0) is 42.0 Å². The Hall–Kier alpha value is -5.18. The van der Waals surface area contributed by atoms with Gasteiger partial charge in [-0.1, -0.05) is 59.8 Å². The third kappa shape index (κ3) is 5.10. The standard InChI is InChI=1S/C28H20N4O5/c33-26(20-6-2-1-3-7-20)27(21-14-16-23(17-15-21)32(35)36)37-28(34)22-12-10-19(11-13-22)18-31-25-9-5-4-8-24(25)29-30-31/h1-17,27H,18H2/t27-/m1/s1. The van der Waals surface area contributed by atoms with Crippen LogP contribution in [0.15, 0.2) is 103 Å². The number of carbonyl (C=O) groups excluding carboxylic acids is 2. The summed E-state index contributed by atoms with van der Waals surface area (Å²) >= 11 is 0. The molecule has 1 aromatic heterocycles. The van der Waals surface area contributed by atoms with Crippen LogP contribution in [0.5, 0.6) is 0 Å². The second-order valence-electron chi connectivity index (χ2n) is 8.30. The second kappa shape index (κ2) is 10.2. The first-order valence-corrected chi connectivity index (χ1v) is 11.4. The molecule has 0 aliphatic rings. The lowest BCUT2D eigenvalue weighted by atomic mass is 9.99. The highest BCUT2D eigenvalue weighted by Gasteiger charge is 2.27. The Morgan fingerprint density at radius 1 is 0.838 bits per heavy atom. The van der Waals surface area contributed by atoms with Crippen LogP contribution in [0.25, 0.3) is 11.0 Å². The highest BCUT2D eigenvalue weighted by Crippen LogP contribution is 2.26. The molecule has 5 rings (SSSR count). The number of rotatable bonds is 8. The Morgan fingerprint density at radius 3 is 2.22 bits per heavy atom. The Balaban J connectivity index is 1.36. The second-order valence-corrected chi connectivity index (χ2v) is 8.30. The van der Waals surface area contributed by atoms with E-state index in [-0.39, 0.29) is 11.3 Å². The third-order valence-electron chi connectivity index (χ3n) is 5.87. The summed E-state index contributed by atoms with van der Waals surface area (Å²) in [7, 11) is 0. The number of fused-ring (bicyclic) bond motifs is 1. The van der Waals surface area contributed by atoms with Gasteiger partial charge in [-0.15, -0.1) is 5.10 Å². The molecule has 0 bridgehead atoms. The molecule has 9 nitrogen and oxygen atoms in total. The summed E-state index contributed by atoms with van der Waals surface area (Å²) in [5, 5.41) is 19.4. The number of nitro groups is 1. The molecule has 0 saturated carbocycles. The number of hydrogen-bond donors (Lipinski definition) is 0. The zero-order valence-electron chi connectivity index (χ0n) is 19.4. The molecular weight excluding hydrogens is 472 g/mol. The minimum Gasteiger partial charge on any atom is -0.445 e. The number of esters is 1. The molecule has 37 heavy (non-hydrogen) atoms. The molecule has 0 spiro atoms. The number of carbonyl (C=O) groups is 2. The molecule has 0 saturated heterocycles. The molecule has 0 N–H and O–H groups in total. The molecule has 4 aromatic carbocycles. The zero-order valence-corrected chi connectivity index (χ0v) is 19.4. The van der Waals surface area contributed by atoms with Gasteiger partial charge in [-0.2, -0.15) is 0 Å². The normalized spacial score (nSPS) is 11.7. The van der Waals surface area contributed by atoms with Gasteiger partial charge < -0.3 is 4.74 Å². The van der Waals surface area contributed by atoms with Gasteiger partial charge in [0.25, 0.3) is 5.69 Å². The van der Waals surface area contributed by atoms with Crippen LogP contribution in [-0.4, -0.2) is 31.7 Å². The molecule has 9 heteroatoms. The van der Waals surface area contributed by atoms with Crippen molar-refractivity contribution < 1.29 is 19.2 Å². The van der Waals surface area contributed by atoms with Crippen molar-refractivity contribution in [2.45, 2.75) is 12.6 Å². The molecule has 0 aliphatic heterocycles. The van der Waals surface area contributed by atoms with Gasteiger partial charge in [0.05, 0.1) is 22.5 Å². The van der Waals surface area contributed by atoms with E-state index < -0.39 is 22.8 Å². The fourth-order valence-electron chi connectivity index (χ4n) is 3.93. The summed E-state index contributed by atoms with van der Waals surface area (Å²) in [5.74, 6) is -1.12. The van der Waals surface area contributed by atoms with Gasteiger partial charge in [-0.3, -0.25) is 14.9 Å². The lowest BCUT2D eigenvalue weighted by Crippen LogP contribution is -2.20. The number of nitrogens with zero attached hydrogens (tertiary/aromatic N) is 4. The van der Waals surface area contributed by atoms with Crippen LogP contribution in [0.2, 0.25) is 0 Å².